The predicted octanol–water partition coefficient (Wildman–Crippen LogP) is 2.55. The molecule has 0 radical (unpaired) electrons. The van der Waals surface area contributed by atoms with Crippen molar-refractivity contribution < 1.29 is 9.21 Å². The number of nitrogens with zero attached hydrogens (tertiary/aromatic N) is 7. The van der Waals surface area contributed by atoms with Crippen molar-refractivity contribution in [2.24, 2.45) is 0 Å². The molecule has 0 saturated carbocycles. The molecule has 31 heavy (non-hydrogen) atoms. The second kappa shape index (κ2) is 8.31. The molecule has 0 N–H and O–H groups in total. The Hall–Kier alpha value is -4.14. The fourth-order valence-electron chi connectivity index (χ4n) is 3.45. The van der Waals surface area contributed by atoms with Crippen molar-refractivity contribution in [2.75, 3.05) is 31.1 Å². The normalized spacial score (nSPS) is 13.9. The van der Waals surface area contributed by atoms with Crippen LogP contribution in [-0.4, -0.2) is 62.1 Å². The molecular formula is C22H19N7O2. The van der Waals surface area contributed by atoms with Gasteiger partial charge in [0.05, 0.1) is 18.0 Å². The van der Waals surface area contributed by atoms with Gasteiger partial charge in [-0.1, -0.05) is 18.2 Å². The third-order valence-corrected chi connectivity index (χ3v) is 5.09. The lowest BCUT2D eigenvalue weighted by Gasteiger charge is -2.35. The van der Waals surface area contributed by atoms with E-state index in [9.17, 15) is 4.79 Å². The fourth-order valence-corrected chi connectivity index (χ4v) is 3.45. The monoisotopic (exact) mass is 413 g/mol. The molecule has 9 nitrogen and oxygen atoms in total. The molecule has 9 heteroatoms. The lowest BCUT2D eigenvalue weighted by Crippen LogP contribution is -2.49. The molecule has 5 rings (SSSR count). The van der Waals surface area contributed by atoms with Crippen LogP contribution in [0.25, 0.3) is 23.0 Å². The maximum Gasteiger partial charge on any atom is 0.268 e. The summed E-state index contributed by atoms with van der Waals surface area (Å²) in [5, 5.41) is 8.24. The Balaban J connectivity index is 1.28. The number of aromatic nitrogens is 5. The highest BCUT2D eigenvalue weighted by Gasteiger charge is 2.23. The van der Waals surface area contributed by atoms with Crippen LogP contribution in [-0.2, 0) is 0 Å². The van der Waals surface area contributed by atoms with E-state index in [0.717, 1.165) is 5.56 Å². The van der Waals surface area contributed by atoms with Gasteiger partial charge in [-0.2, -0.15) is 0 Å². The van der Waals surface area contributed by atoms with E-state index in [1.165, 1.54) is 0 Å². The van der Waals surface area contributed by atoms with Crippen LogP contribution >= 0.6 is 0 Å². The molecule has 4 heterocycles. The Labute approximate surface area is 178 Å². The van der Waals surface area contributed by atoms with Gasteiger partial charge in [-0.05, 0) is 24.3 Å². The number of rotatable bonds is 4. The van der Waals surface area contributed by atoms with E-state index in [1.807, 2.05) is 35.2 Å². The number of carbonyl (C=O) groups is 1. The van der Waals surface area contributed by atoms with E-state index in [4.69, 9.17) is 4.42 Å². The average molecular weight is 413 g/mol. The number of pyridine rings is 1. The molecule has 1 aliphatic heterocycles. The van der Waals surface area contributed by atoms with Crippen molar-refractivity contribution >= 4 is 11.7 Å². The summed E-state index contributed by atoms with van der Waals surface area (Å²) >= 11 is 0. The highest BCUT2D eigenvalue weighted by atomic mass is 16.4. The smallest absolute Gasteiger partial charge is 0.268 e. The number of benzene rings is 1. The van der Waals surface area contributed by atoms with Gasteiger partial charge in [0.15, 0.2) is 0 Å². The SMILES string of the molecule is O=C(c1cccnc1)N1CCN(c2cncc(-c3nnc(-c4ccccc4)o3)n2)CC1. The molecule has 1 saturated heterocycles. The van der Waals surface area contributed by atoms with Crippen LogP contribution in [0.2, 0.25) is 0 Å². The zero-order valence-corrected chi connectivity index (χ0v) is 16.6. The van der Waals surface area contributed by atoms with Gasteiger partial charge in [0.25, 0.3) is 11.8 Å². The molecule has 3 aromatic heterocycles. The first-order valence-electron chi connectivity index (χ1n) is 9.93. The zero-order chi connectivity index (χ0) is 21.0. The van der Waals surface area contributed by atoms with Crippen LogP contribution < -0.4 is 4.90 Å². The summed E-state index contributed by atoms with van der Waals surface area (Å²) in [6.07, 6.45) is 6.56. The number of carbonyl (C=O) groups excluding carboxylic acids is 1. The van der Waals surface area contributed by atoms with E-state index in [2.05, 4.69) is 30.0 Å². The van der Waals surface area contributed by atoms with Crippen molar-refractivity contribution in [1.82, 2.24) is 30.0 Å². The van der Waals surface area contributed by atoms with Crippen LogP contribution in [0.5, 0.6) is 0 Å². The summed E-state index contributed by atoms with van der Waals surface area (Å²) in [6.45, 7) is 2.50. The number of amides is 1. The number of anilines is 1. The van der Waals surface area contributed by atoms with E-state index < -0.39 is 0 Å². The van der Waals surface area contributed by atoms with Crippen LogP contribution in [0.3, 0.4) is 0 Å². The van der Waals surface area contributed by atoms with E-state index in [0.29, 0.717) is 55.0 Å². The van der Waals surface area contributed by atoms with Crippen molar-refractivity contribution in [3.8, 4) is 23.0 Å². The van der Waals surface area contributed by atoms with Gasteiger partial charge in [-0.3, -0.25) is 14.8 Å². The van der Waals surface area contributed by atoms with Gasteiger partial charge < -0.3 is 14.2 Å². The van der Waals surface area contributed by atoms with Gasteiger partial charge in [0.1, 0.15) is 11.5 Å². The van der Waals surface area contributed by atoms with Crippen LogP contribution in [0.1, 0.15) is 10.4 Å². The first-order chi connectivity index (χ1) is 15.3. The summed E-state index contributed by atoms with van der Waals surface area (Å²) in [7, 11) is 0. The summed E-state index contributed by atoms with van der Waals surface area (Å²) in [4.78, 5) is 29.5. The molecule has 0 unspecified atom stereocenters. The Kier molecular flexibility index (Phi) is 5.05. The second-order valence-electron chi connectivity index (χ2n) is 7.06. The van der Waals surface area contributed by atoms with Crippen LogP contribution in [0.4, 0.5) is 5.82 Å². The minimum Gasteiger partial charge on any atom is -0.415 e. The molecule has 4 aromatic rings. The molecule has 1 aromatic carbocycles. The zero-order valence-electron chi connectivity index (χ0n) is 16.6. The maximum atomic E-state index is 12.6. The molecule has 0 bridgehead atoms. The van der Waals surface area contributed by atoms with Crippen LogP contribution in [0.15, 0.2) is 71.7 Å². The number of piperazine rings is 1. The van der Waals surface area contributed by atoms with Gasteiger partial charge in [-0.15, -0.1) is 10.2 Å². The summed E-state index contributed by atoms with van der Waals surface area (Å²) in [5.41, 5.74) is 1.96. The molecule has 0 aliphatic carbocycles. The Morgan fingerprint density at radius 1 is 0.839 bits per heavy atom. The summed E-state index contributed by atoms with van der Waals surface area (Å²) in [6, 6.07) is 13.1. The summed E-state index contributed by atoms with van der Waals surface area (Å²) in [5.74, 6) is 1.46. The lowest BCUT2D eigenvalue weighted by atomic mass is 10.2. The van der Waals surface area contributed by atoms with Gasteiger partial charge in [0, 0.05) is 44.1 Å². The van der Waals surface area contributed by atoms with E-state index >= 15 is 0 Å². The Bertz CT molecular complexity index is 1170. The molecule has 1 fully saturated rings. The maximum absolute atomic E-state index is 12.6. The standard InChI is InChI=1S/C22H19N7O2/c30-22(17-7-4-8-23-13-17)29-11-9-28(10-12-29)19-15-24-14-18(25-19)21-27-26-20(31-21)16-5-2-1-3-6-16/h1-8,13-15H,9-12H2. The summed E-state index contributed by atoms with van der Waals surface area (Å²) < 4.78 is 5.79. The first kappa shape index (κ1) is 18.9. The Morgan fingerprint density at radius 2 is 1.65 bits per heavy atom. The van der Waals surface area contributed by atoms with Crippen molar-refractivity contribution in [3.63, 3.8) is 0 Å². The molecule has 1 aliphatic rings. The molecule has 154 valence electrons. The van der Waals surface area contributed by atoms with Crippen molar-refractivity contribution in [2.45, 2.75) is 0 Å². The average Bonchev–Trinajstić information content (AvgIpc) is 3.35. The fraction of sp³-hybridized carbons (Fsp3) is 0.182. The van der Waals surface area contributed by atoms with Crippen molar-refractivity contribution in [1.29, 1.82) is 0 Å². The minimum absolute atomic E-state index is 0.00751. The predicted molar refractivity (Wildman–Crippen MR) is 113 cm³/mol. The van der Waals surface area contributed by atoms with Crippen LogP contribution in [0, 0.1) is 0 Å². The largest absolute Gasteiger partial charge is 0.415 e. The lowest BCUT2D eigenvalue weighted by molar-refractivity contribution is 0.0746. The molecule has 0 spiro atoms. The van der Waals surface area contributed by atoms with E-state index in [-0.39, 0.29) is 5.91 Å². The van der Waals surface area contributed by atoms with Gasteiger partial charge in [-0.25, -0.2) is 4.98 Å². The Morgan fingerprint density at radius 3 is 2.42 bits per heavy atom. The highest BCUT2D eigenvalue weighted by molar-refractivity contribution is 5.94. The third-order valence-electron chi connectivity index (χ3n) is 5.09. The van der Waals surface area contributed by atoms with E-state index in [1.54, 1.807) is 36.9 Å². The van der Waals surface area contributed by atoms with Gasteiger partial charge in [0.2, 0.25) is 5.89 Å². The minimum atomic E-state index is -0.00751. The highest BCUT2D eigenvalue weighted by Crippen LogP contribution is 2.24. The topological polar surface area (TPSA) is 101 Å². The molecule has 1 amide bonds. The van der Waals surface area contributed by atoms with Gasteiger partial charge >= 0.3 is 0 Å². The number of hydrogen-bond donors (Lipinski definition) is 0. The third kappa shape index (κ3) is 3.97. The molecule has 0 atom stereocenters. The number of hydrogen-bond acceptors (Lipinski definition) is 8. The second-order valence-corrected chi connectivity index (χ2v) is 7.06. The first-order valence-corrected chi connectivity index (χ1v) is 9.93. The quantitative estimate of drug-likeness (QED) is 0.503. The molecular weight excluding hydrogens is 394 g/mol. The van der Waals surface area contributed by atoms with Crippen molar-refractivity contribution in [3.05, 3.63) is 72.8 Å².